The normalized spacial score (nSPS) is 15.1. The zero-order chi connectivity index (χ0) is 11.7. The summed E-state index contributed by atoms with van der Waals surface area (Å²) in [7, 11) is 0. The molecule has 1 aliphatic carbocycles. The third kappa shape index (κ3) is 2.59. The van der Waals surface area contributed by atoms with Crippen LogP contribution in [0.25, 0.3) is 10.4 Å². The fourth-order valence-corrected chi connectivity index (χ4v) is 2.91. The molecule has 1 aromatic heterocycles. The second kappa shape index (κ2) is 4.63. The average molecular weight is 243 g/mol. The van der Waals surface area contributed by atoms with E-state index in [9.17, 15) is 0 Å². The molecular weight excluding hydrogens is 226 g/mol. The Kier molecular flexibility index (Phi) is 3.00. The summed E-state index contributed by atoms with van der Waals surface area (Å²) in [5.74, 6) is 0. The van der Waals surface area contributed by atoms with Gasteiger partial charge in [-0.1, -0.05) is 24.3 Å². The van der Waals surface area contributed by atoms with Crippen molar-refractivity contribution in [2.24, 2.45) is 0 Å². The number of hydrogen-bond donors (Lipinski definition) is 1. The fourth-order valence-electron chi connectivity index (χ4n) is 2.09. The molecule has 0 spiro atoms. The van der Waals surface area contributed by atoms with Crippen LogP contribution >= 0.6 is 11.3 Å². The van der Waals surface area contributed by atoms with Gasteiger partial charge in [0, 0.05) is 17.5 Å². The lowest BCUT2D eigenvalue weighted by Gasteiger charge is -2.08. The van der Waals surface area contributed by atoms with Crippen LogP contribution in [-0.4, -0.2) is 6.04 Å². The van der Waals surface area contributed by atoms with E-state index in [1.807, 2.05) is 11.3 Å². The van der Waals surface area contributed by atoms with Gasteiger partial charge in [-0.2, -0.15) is 0 Å². The van der Waals surface area contributed by atoms with Crippen LogP contribution in [0.4, 0.5) is 0 Å². The lowest BCUT2D eigenvalue weighted by atomic mass is 10.0. The Morgan fingerprint density at radius 2 is 2.18 bits per heavy atom. The van der Waals surface area contributed by atoms with Gasteiger partial charge >= 0.3 is 0 Å². The van der Waals surface area contributed by atoms with Crippen LogP contribution in [0, 0.1) is 6.92 Å². The predicted octanol–water partition coefficient (Wildman–Crippen LogP) is 3.98. The lowest BCUT2D eigenvalue weighted by molar-refractivity contribution is 0.687. The zero-order valence-corrected chi connectivity index (χ0v) is 10.9. The van der Waals surface area contributed by atoms with Crippen LogP contribution in [0.3, 0.4) is 0 Å². The summed E-state index contributed by atoms with van der Waals surface area (Å²) < 4.78 is 0. The maximum atomic E-state index is 3.56. The Labute approximate surface area is 106 Å². The molecule has 0 radical (unpaired) electrons. The lowest BCUT2D eigenvalue weighted by Crippen LogP contribution is -2.15. The molecule has 0 bridgehead atoms. The first-order valence-electron chi connectivity index (χ1n) is 6.20. The molecule has 1 aliphatic rings. The quantitative estimate of drug-likeness (QED) is 0.856. The van der Waals surface area contributed by atoms with Crippen molar-refractivity contribution < 1.29 is 0 Å². The molecule has 2 aromatic rings. The van der Waals surface area contributed by atoms with Gasteiger partial charge in [0.2, 0.25) is 0 Å². The summed E-state index contributed by atoms with van der Waals surface area (Å²) in [5.41, 5.74) is 4.15. The van der Waals surface area contributed by atoms with Gasteiger partial charge in [-0.05, 0) is 47.9 Å². The number of thiophene rings is 1. The summed E-state index contributed by atoms with van der Waals surface area (Å²) in [6, 6.07) is 11.9. The minimum absolute atomic E-state index is 0.785. The van der Waals surface area contributed by atoms with Gasteiger partial charge in [-0.15, -0.1) is 11.3 Å². The molecule has 0 amide bonds. The van der Waals surface area contributed by atoms with Crippen molar-refractivity contribution in [3.05, 3.63) is 46.8 Å². The second-order valence-electron chi connectivity index (χ2n) is 4.78. The third-order valence-electron chi connectivity index (χ3n) is 3.25. The van der Waals surface area contributed by atoms with Crippen LogP contribution < -0.4 is 5.32 Å². The van der Waals surface area contributed by atoms with Crippen molar-refractivity contribution in [1.29, 1.82) is 0 Å². The van der Waals surface area contributed by atoms with E-state index in [1.54, 1.807) is 0 Å². The van der Waals surface area contributed by atoms with E-state index in [-0.39, 0.29) is 0 Å². The largest absolute Gasteiger partial charge is 0.310 e. The van der Waals surface area contributed by atoms with Crippen LogP contribution in [-0.2, 0) is 6.54 Å². The Bertz CT molecular complexity index is 498. The zero-order valence-electron chi connectivity index (χ0n) is 10.1. The first-order valence-corrected chi connectivity index (χ1v) is 7.08. The fraction of sp³-hybridized carbons (Fsp3) is 0.333. The maximum Gasteiger partial charge on any atom is 0.0345 e. The van der Waals surface area contributed by atoms with Crippen molar-refractivity contribution in [1.82, 2.24) is 5.32 Å². The number of rotatable bonds is 4. The first-order chi connectivity index (χ1) is 8.33. The van der Waals surface area contributed by atoms with Gasteiger partial charge in [0.25, 0.3) is 0 Å². The van der Waals surface area contributed by atoms with Crippen molar-refractivity contribution >= 4 is 11.3 Å². The average Bonchev–Trinajstić information content (AvgIpc) is 3.01. The summed E-state index contributed by atoms with van der Waals surface area (Å²) in [6.45, 7) is 3.21. The molecule has 88 valence electrons. The van der Waals surface area contributed by atoms with Crippen molar-refractivity contribution in [3.63, 3.8) is 0 Å². The van der Waals surface area contributed by atoms with E-state index >= 15 is 0 Å². The first kappa shape index (κ1) is 11.0. The van der Waals surface area contributed by atoms with Crippen molar-refractivity contribution in [2.75, 3.05) is 0 Å². The number of nitrogens with one attached hydrogen (secondary N) is 1. The molecule has 17 heavy (non-hydrogen) atoms. The molecule has 1 aromatic carbocycles. The smallest absolute Gasteiger partial charge is 0.0345 e. The Balaban J connectivity index is 1.78. The standard InChI is InChI=1S/C15H17NS/c1-11-9-12(10-16-13-5-6-13)4-7-14(11)15-3-2-8-17-15/h2-4,7-9,13,16H,5-6,10H2,1H3. The highest BCUT2D eigenvalue weighted by molar-refractivity contribution is 7.13. The molecule has 0 unspecified atom stereocenters. The Hall–Kier alpha value is -1.12. The van der Waals surface area contributed by atoms with Gasteiger partial charge in [-0.3, -0.25) is 0 Å². The molecule has 1 fully saturated rings. The molecule has 0 aliphatic heterocycles. The molecule has 1 heterocycles. The van der Waals surface area contributed by atoms with Crippen LogP contribution in [0.2, 0.25) is 0 Å². The SMILES string of the molecule is Cc1cc(CNC2CC2)ccc1-c1cccs1. The van der Waals surface area contributed by atoms with Gasteiger partial charge in [0.1, 0.15) is 0 Å². The molecule has 1 nitrogen and oxygen atoms in total. The van der Waals surface area contributed by atoms with Gasteiger partial charge < -0.3 is 5.32 Å². The summed E-state index contributed by atoms with van der Waals surface area (Å²) in [4.78, 5) is 1.37. The molecule has 1 saturated carbocycles. The van der Waals surface area contributed by atoms with Crippen LogP contribution in [0.5, 0.6) is 0 Å². The molecule has 1 N–H and O–H groups in total. The highest BCUT2D eigenvalue weighted by Crippen LogP contribution is 2.28. The Morgan fingerprint density at radius 1 is 1.29 bits per heavy atom. The van der Waals surface area contributed by atoms with Gasteiger partial charge in [0.15, 0.2) is 0 Å². The molecule has 0 saturated heterocycles. The summed E-state index contributed by atoms with van der Waals surface area (Å²) in [5, 5.41) is 5.69. The van der Waals surface area contributed by atoms with Crippen molar-refractivity contribution in [2.45, 2.75) is 32.4 Å². The molecule has 2 heteroatoms. The topological polar surface area (TPSA) is 12.0 Å². The second-order valence-corrected chi connectivity index (χ2v) is 5.73. The highest BCUT2D eigenvalue weighted by atomic mass is 32.1. The van der Waals surface area contributed by atoms with E-state index < -0.39 is 0 Å². The minimum Gasteiger partial charge on any atom is -0.310 e. The summed E-state index contributed by atoms with van der Waals surface area (Å²) in [6.07, 6.45) is 2.71. The van der Waals surface area contributed by atoms with Gasteiger partial charge in [0.05, 0.1) is 0 Å². The van der Waals surface area contributed by atoms with E-state index in [0.29, 0.717) is 0 Å². The van der Waals surface area contributed by atoms with E-state index in [1.165, 1.54) is 34.4 Å². The van der Waals surface area contributed by atoms with Crippen LogP contribution in [0.1, 0.15) is 24.0 Å². The molecular formula is C15H17NS. The number of hydrogen-bond acceptors (Lipinski definition) is 2. The van der Waals surface area contributed by atoms with E-state index in [0.717, 1.165) is 12.6 Å². The predicted molar refractivity (Wildman–Crippen MR) is 74.4 cm³/mol. The summed E-state index contributed by atoms with van der Waals surface area (Å²) >= 11 is 1.81. The van der Waals surface area contributed by atoms with E-state index in [2.05, 4.69) is 48.0 Å². The molecule has 3 rings (SSSR count). The minimum atomic E-state index is 0.785. The maximum absolute atomic E-state index is 3.56. The molecule has 0 atom stereocenters. The number of aryl methyl sites for hydroxylation is 1. The van der Waals surface area contributed by atoms with Gasteiger partial charge in [-0.25, -0.2) is 0 Å². The van der Waals surface area contributed by atoms with Crippen LogP contribution in [0.15, 0.2) is 35.7 Å². The van der Waals surface area contributed by atoms with E-state index in [4.69, 9.17) is 0 Å². The Morgan fingerprint density at radius 3 is 2.82 bits per heavy atom. The monoisotopic (exact) mass is 243 g/mol. The van der Waals surface area contributed by atoms with Crippen molar-refractivity contribution in [3.8, 4) is 10.4 Å². The number of benzene rings is 1. The highest BCUT2D eigenvalue weighted by Gasteiger charge is 2.19. The third-order valence-corrected chi connectivity index (χ3v) is 4.15.